The van der Waals surface area contributed by atoms with Crippen molar-refractivity contribution >= 4 is 47.8 Å². The lowest BCUT2D eigenvalue weighted by molar-refractivity contribution is -0.348. The second kappa shape index (κ2) is 17.8. The molecule has 1 aromatic carbocycles. The molecule has 2 aliphatic carbocycles. The van der Waals surface area contributed by atoms with Gasteiger partial charge in [0.15, 0.2) is 18.3 Å². The molecule has 0 N–H and O–H groups in total. The summed E-state index contributed by atoms with van der Waals surface area (Å²) in [5.41, 5.74) is -6.06. The summed E-state index contributed by atoms with van der Waals surface area (Å²) in [4.78, 5) is 114. The Morgan fingerprint density at radius 1 is 0.774 bits per heavy atom. The molecule has 3 heterocycles. The molecule has 62 heavy (non-hydrogen) atoms. The van der Waals surface area contributed by atoms with Crippen LogP contribution in [0.3, 0.4) is 0 Å². The quantitative estimate of drug-likeness (QED) is 0.258. The number of hydrogen-bond acceptors (Lipinski definition) is 18. The van der Waals surface area contributed by atoms with Crippen LogP contribution >= 0.6 is 0 Å². The van der Waals surface area contributed by atoms with Crippen LogP contribution in [0.4, 0.5) is 0 Å². The van der Waals surface area contributed by atoms with Crippen LogP contribution in [0.1, 0.15) is 107 Å². The van der Waals surface area contributed by atoms with E-state index < -0.39 is 132 Å². The summed E-state index contributed by atoms with van der Waals surface area (Å²) in [6.45, 7) is 8.65. The van der Waals surface area contributed by atoms with E-state index in [0.29, 0.717) is 12.1 Å². The SMILES string of the molecule is CC[C@@H]1CCC(=O)O[C@H]2[C@H](OC(C)=O)[C@H](OC(C)=O)[C@@]3(COC(C)=O)[C@H](OC(C)=O)[C@H](OC(C)=O)[C@@H]4[C@@H](OC(=O)c5ccccc5)[C@]3(O[C@@]4(C)COC(=O)c3cccnc31)[C@@H]2C. The number of rotatable bonds is 9. The molecule has 3 fully saturated rings. The largest absolute Gasteiger partial charge is 0.465 e. The number of aromatic nitrogens is 1. The molecule has 18 heteroatoms. The average Bonchev–Trinajstić information content (AvgIpc) is 3.42. The van der Waals surface area contributed by atoms with Gasteiger partial charge in [-0.05, 0) is 44.0 Å². The Hall–Kier alpha value is -5.91. The van der Waals surface area contributed by atoms with Crippen LogP contribution in [-0.2, 0) is 71.4 Å². The molecule has 4 bridgehead atoms. The third-order valence-corrected chi connectivity index (χ3v) is 12.4. The lowest BCUT2D eigenvalue weighted by Crippen LogP contribution is -2.84. The minimum atomic E-state index is -2.36. The molecule has 334 valence electrons. The molecule has 0 radical (unpaired) electrons. The van der Waals surface area contributed by atoms with Gasteiger partial charge in [0.05, 0.1) is 22.7 Å². The lowest BCUT2D eigenvalue weighted by Gasteiger charge is -2.65. The van der Waals surface area contributed by atoms with Crippen LogP contribution in [0.5, 0.6) is 0 Å². The third-order valence-electron chi connectivity index (χ3n) is 12.4. The molecule has 1 aromatic heterocycles. The van der Waals surface area contributed by atoms with Gasteiger partial charge in [0.1, 0.15) is 48.1 Å². The van der Waals surface area contributed by atoms with Crippen LogP contribution in [0.15, 0.2) is 48.7 Å². The average molecular weight is 866 g/mol. The van der Waals surface area contributed by atoms with Gasteiger partial charge < -0.3 is 42.6 Å². The van der Waals surface area contributed by atoms with Gasteiger partial charge in [-0.2, -0.15) is 0 Å². The highest BCUT2D eigenvalue weighted by atomic mass is 16.7. The zero-order valence-corrected chi connectivity index (χ0v) is 35.7. The first-order chi connectivity index (χ1) is 29.3. The van der Waals surface area contributed by atoms with Crippen molar-refractivity contribution in [3.05, 3.63) is 65.5 Å². The predicted octanol–water partition coefficient (Wildman–Crippen LogP) is 3.75. The van der Waals surface area contributed by atoms with Gasteiger partial charge in [-0.15, -0.1) is 0 Å². The van der Waals surface area contributed by atoms with Crippen molar-refractivity contribution in [1.29, 1.82) is 0 Å². The number of cyclic esters (lactones) is 1. The topological polar surface area (TPSA) is 233 Å². The molecule has 6 rings (SSSR count). The van der Waals surface area contributed by atoms with E-state index in [4.69, 9.17) is 42.6 Å². The maximum absolute atomic E-state index is 14.4. The normalized spacial score (nSPS) is 33.8. The highest BCUT2D eigenvalue weighted by molar-refractivity contribution is 5.91. The number of ether oxygens (including phenoxy) is 9. The molecule has 0 unspecified atom stereocenters. The third kappa shape index (κ3) is 8.11. The van der Waals surface area contributed by atoms with E-state index in [9.17, 15) is 38.4 Å². The van der Waals surface area contributed by atoms with E-state index >= 15 is 0 Å². The van der Waals surface area contributed by atoms with Crippen molar-refractivity contribution in [2.45, 2.75) is 128 Å². The summed E-state index contributed by atoms with van der Waals surface area (Å²) in [6.07, 6.45) is -8.72. The number of nitrogens with zero attached hydrogens (tertiary/aromatic N) is 1. The van der Waals surface area contributed by atoms with Crippen LogP contribution in [0.2, 0.25) is 0 Å². The van der Waals surface area contributed by atoms with Gasteiger partial charge in [0, 0.05) is 59.1 Å². The van der Waals surface area contributed by atoms with Crippen molar-refractivity contribution in [3.63, 3.8) is 0 Å². The van der Waals surface area contributed by atoms with Crippen molar-refractivity contribution < 1.29 is 81.0 Å². The van der Waals surface area contributed by atoms with E-state index in [1.165, 1.54) is 38.2 Å². The Labute approximate surface area is 357 Å². The molecule has 2 saturated carbocycles. The van der Waals surface area contributed by atoms with Crippen LogP contribution in [-0.4, -0.2) is 114 Å². The number of carbonyl (C=O) groups excluding carboxylic acids is 8. The Balaban J connectivity index is 1.75. The first-order valence-corrected chi connectivity index (χ1v) is 20.4. The van der Waals surface area contributed by atoms with Gasteiger partial charge in [-0.3, -0.25) is 33.8 Å². The number of hydrogen-bond donors (Lipinski definition) is 0. The standard InChI is InChI=1S/C44H51NO17/c1-9-28-17-18-31(51)60-34-22(2)44-37(61-40(52)29-14-11-10-12-15-29)32(42(8,62-44)20-55-41(53)30-16-13-19-45-33(28)30)35(56-24(4)47)38(58-26(6)49)43(44,21-54-23(3)46)39(59-27(7)50)36(34)57-25(5)48/h10-16,19,22,28,32,34-39H,9,17-18,20-21H2,1-8H3/t22-,28-,32-,34-,35-,36+,37-,38-,39+,42+,43-,44-/m1/s1. The monoisotopic (exact) mass is 865 g/mol. The summed E-state index contributed by atoms with van der Waals surface area (Å²) < 4.78 is 56.2. The van der Waals surface area contributed by atoms with E-state index in [1.807, 2.05) is 6.92 Å². The lowest BCUT2D eigenvalue weighted by atomic mass is 9.46. The molecule has 18 nitrogen and oxygen atoms in total. The molecule has 4 aliphatic rings. The number of carbonyl (C=O) groups is 8. The molecule has 2 aliphatic heterocycles. The highest BCUT2D eigenvalue weighted by Crippen LogP contribution is 2.69. The van der Waals surface area contributed by atoms with Gasteiger partial charge >= 0.3 is 47.8 Å². The van der Waals surface area contributed by atoms with Crippen molar-refractivity contribution in [1.82, 2.24) is 4.98 Å². The van der Waals surface area contributed by atoms with Gasteiger partial charge in [0.25, 0.3) is 0 Å². The smallest absolute Gasteiger partial charge is 0.340 e. The minimum Gasteiger partial charge on any atom is -0.465 e. The Bertz CT molecular complexity index is 2110. The predicted molar refractivity (Wildman–Crippen MR) is 208 cm³/mol. The fourth-order valence-electron chi connectivity index (χ4n) is 10.1. The molecular formula is C44H51NO17. The Morgan fingerprint density at radius 2 is 1.39 bits per heavy atom. The molecule has 2 aromatic rings. The zero-order chi connectivity index (χ0) is 45.3. The van der Waals surface area contributed by atoms with Crippen LogP contribution < -0.4 is 0 Å². The van der Waals surface area contributed by atoms with Crippen molar-refractivity contribution in [2.75, 3.05) is 13.2 Å². The fraction of sp³-hybridized carbons (Fsp3) is 0.568. The summed E-state index contributed by atoms with van der Waals surface area (Å²) in [5, 5.41) is 0. The van der Waals surface area contributed by atoms with E-state index in [0.717, 1.165) is 34.6 Å². The summed E-state index contributed by atoms with van der Waals surface area (Å²) in [5.74, 6) is -10.5. The van der Waals surface area contributed by atoms with Crippen molar-refractivity contribution in [3.8, 4) is 0 Å². The molecule has 1 saturated heterocycles. The molecular weight excluding hydrogens is 814 g/mol. The minimum absolute atomic E-state index is 0.0608. The second-order valence-electron chi connectivity index (χ2n) is 16.4. The summed E-state index contributed by atoms with van der Waals surface area (Å²) in [7, 11) is 0. The van der Waals surface area contributed by atoms with E-state index in [2.05, 4.69) is 4.98 Å². The van der Waals surface area contributed by atoms with E-state index in [-0.39, 0.29) is 24.0 Å². The zero-order valence-electron chi connectivity index (χ0n) is 35.7. The highest BCUT2D eigenvalue weighted by Gasteiger charge is 2.88. The number of benzene rings is 1. The Kier molecular flexibility index (Phi) is 13.1. The van der Waals surface area contributed by atoms with Gasteiger partial charge in [-0.1, -0.05) is 32.0 Å². The first-order valence-electron chi connectivity index (χ1n) is 20.4. The molecule has 12 atom stereocenters. The Morgan fingerprint density at radius 3 is 1.98 bits per heavy atom. The van der Waals surface area contributed by atoms with Gasteiger partial charge in [-0.25, -0.2) is 9.59 Å². The fourth-order valence-corrected chi connectivity index (χ4v) is 10.1. The van der Waals surface area contributed by atoms with Crippen LogP contribution in [0, 0.1) is 17.3 Å². The van der Waals surface area contributed by atoms with Gasteiger partial charge in [0.2, 0.25) is 0 Å². The molecule has 1 spiro atoms. The van der Waals surface area contributed by atoms with E-state index in [1.54, 1.807) is 24.3 Å². The summed E-state index contributed by atoms with van der Waals surface area (Å²) in [6, 6.07) is 10.9. The maximum atomic E-state index is 14.4. The number of pyridine rings is 1. The molecule has 0 amide bonds. The van der Waals surface area contributed by atoms with Crippen LogP contribution in [0.25, 0.3) is 0 Å². The second-order valence-corrected chi connectivity index (χ2v) is 16.4. The first kappa shape index (κ1) is 45.6. The summed E-state index contributed by atoms with van der Waals surface area (Å²) >= 11 is 0. The number of fused-ring (bicyclic) bond motifs is 5. The number of esters is 8. The maximum Gasteiger partial charge on any atom is 0.340 e. The van der Waals surface area contributed by atoms with Crippen molar-refractivity contribution in [2.24, 2.45) is 17.3 Å².